The summed E-state index contributed by atoms with van der Waals surface area (Å²) in [5, 5.41) is 4.88. The maximum absolute atomic E-state index is 3.78. The molecule has 2 unspecified atom stereocenters. The highest BCUT2D eigenvalue weighted by Crippen LogP contribution is 2.18. The third-order valence-corrected chi connectivity index (χ3v) is 4.47. The van der Waals surface area contributed by atoms with Gasteiger partial charge >= 0.3 is 0 Å². The molecule has 1 aliphatic rings. The van der Waals surface area contributed by atoms with Crippen molar-refractivity contribution in [3.63, 3.8) is 0 Å². The lowest BCUT2D eigenvalue weighted by atomic mass is 10.0. The zero-order chi connectivity index (χ0) is 10.4. The normalized spacial score (nSPS) is 24.2. The van der Waals surface area contributed by atoms with Crippen LogP contribution in [0.15, 0.2) is 0 Å². The fourth-order valence-electron chi connectivity index (χ4n) is 2.12. The van der Waals surface area contributed by atoms with Crippen LogP contribution < -0.4 is 5.32 Å². The minimum absolute atomic E-state index is 0.650. The van der Waals surface area contributed by atoms with Crippen LogP contribution in [-0.4, -0.2) is 17.4 Å². The van der Waals surface area contributed by atoms with Crippen molar-refractivity contribution in [1.82, 2.24) is 5.32 Å². The van der Waals surface area contributed by atoms with Gasteiger partial charge in [0.1, 0.15) is 0 Å². The number of halogens is 1. The second-order valence-corrected chi connectivity index (χ2v) is 5.42. The Morgan fingerprint density at radius 3 is 2.21 bits per heavy atom. The first-order valence-electron chi connectivity index (χ1n) is 6.06. The van der Waals surface area contributed by atoms with Gasteiger partial charge in [-0.3, -0.25) is 0 Å². The van der Waals surface area contributed by atoms with Crippen LogP contribution in [0.5, 0.6) is 0 Å². The van der Waals surface area contributed by atoms with Gasteiger partial charge in [-0.15, -0.1) is 0 Å². The first-order valence-corrected chi connectivity index (χ1v) is 7.18. The molecule has 0 aliphatic heterocycles. The van der Waals surface area contributed by atoms with Crippen molar-refractivity contribution in [2.45, 2.75) is 64.5 Å². The van der Waals surface area contributed by atoms with Crippen molar-refractivity contribution >= 4 is 15.9 Å². The molecule has 1 rings (SSSR count). The van der Waals surface area contributed by atoms with Gasteiger partial charge in [0.2, 0.25) is 0 Å². The summed E-state index contributed by atoms with van der Waals surface area (Å²) in [7, 11) is 0. The van der Waals surface area contributed by atoms with Crippen molar-refractivity contribution < 1.29 is 0 Å². The molecule has 0 amide bonds. The summed E-state index contributed by atoms with van der Waals surface area (Å²) in [6.07, 6.45) is 8.51. The van der Waals surface area contributed by atoms with E-state index in [2.05, 4.69) is 35.1 Å². The first-order chi connectivity index (χ1) is 6.74. The van der Waals surface area contributed by atoms with Gasteiger partial charge in [0.25, 0.3) is 0 Å². The topological polar surface area (TPSA) is 12.0 Å². The first kappa shape index (κ1) is 12.5. The lowest BCUT2D eigenvalue weighted by Crippen LogP contribution is -2.40. The SMILES string of the molecule is CC(CBr)C(C)NC1CCCCCC1. The Morgan fingerprint density at radius 1 is 1.14 bits per heavy atom. The molecule has 1 fully saturated rings. The van der Waals surface area contributed by atoms with E-state index in [4.69, 9.17) is 0 Å². The predicted molar refractivity (Wildman–Crippen MR) is 67.0 cm³/mol. The van der Waals surface area contributed by atoms with Crippen LogP contribution in [0.1, 0.15) is 52.4 Å². The lowest BCUT2D eigenvalue weighted by molar-refractivity contribution is 0.353. The van der Waals surface area contributed by atoms with Gasteiger partial charge < -0.3 is 5.32 Å². The summed E-state index contributed by atoms with van der Waals surface area (Å²) < 4.78 is 0. The molecule has 84 valence electrons. The largest absolute Gasteiger partial charge is 0.311 e. The molecule has 0 spiro atoms. The molecule has 0 aromatic heterocycles. The van der Waals surface area contributed by atoms with Crippen LogP contribution in [0.3, 0.4) is 0 Å². The van der Waals surface area contributed by atoms with Crippen LogP contribution in [0.4, 0.5) is 0 Å². The van der Waals surface area contributed by atoms with E-state index in [9.17, 15) is 0 Å². The van der Waals surface area contributed by atoms with E-state index in [0.29, 0.717) is 6.04 Å². The van der Waals surface area contributed by atoms with Gasteiger partial charge in [-0.2, -0.15) is 0 Å². The molecule has 2 atom stereocenters. The lowest BCUT2D eigenvalue weighted by Gasteiger charge is -2.25. The van der Waals surface area contributed by atoms with Crippen molar-refractivity contribution in [3.8, 4) is 0 Å². The van der Waals surface area contributed by atoms with Gasteiger partial charge in [-0.25, -0.2) is 0 Å². The van der Waals surface area contributed by atoms with E-state index in [1.54, 1.807) is 0 Å². The average Bonchev–Trinajstić information content (AvgIpc) is 2.45. The van der Waals surface area contributed by atoms with Crippen LogP contribution >= 0.6 is 15.9 Å². The maximum Gasteiger partial charge on any atom is 0.00749 e. The summed E-state index contributed by atoms with van der Waals surface area (Å²) in [6, 6.07) is 1.44. The third-order valence-electron chi connectivity index (χ3n) is 3.45. The van der Waals surface area contributed by atoms with Gasteiger partial charge in [-0.05, 0) is 25.7 Å². The Morgan fingerprint density at radius 2 is 1.71 bits per heavy atom. The highest BCUT2D eigenvalue weighted by molar-refractivity contribution is 9.09. The number of hydrogen-bond acceptors (Lipinski definition) is 1. The second kappa shape index (κ2) is 6.84. The molecule has 0 heterocycles. The number of hydrogen-bond donors (Lipinski definition) is 1. The van der Waals surface area contributed by atoms with Gasteiger partial charge in [0, 0.05) is 17.4 Å². The standard InChI is InChI=1S/C12H24BrN/c1-10(9-13)11(2)14-12-7-5-3-4-6-8-12/h10-12,14H,3-9H2,1-2H3. The quantitative estimate of drug-likeness (QED) is 0.601. The average molecular weight is 262 g/mol. The Kier molecular flexibility index (Phi) is 6.11. The Labute approximate surface area is 97.2 Å². The zero-order valence-electron chi connectivity index (χ0n) is 9.56. The fourth-order valence-corrected chi connectivity index (χ4v) is 2.68. The molecular formula is C12H24BrN. The summed E-state index contributed by atoms with van der Waals surface area (Å²) >= 11 is 3.56. The van der Waals surface area contributed by atoms with E-state index in [1.807, 2.05) is 0 Å². The van der Waals surface area contributed by atoms with E-state index in [0.717, 1.165) is 17.3 Å². The highest BCUT2D eigenvalue weighted by Gasteiger charge is 2.17. The minimum atomic E-state index is 0.650. The van der Waals surface area contributed by atoms with Gasteiger partial charge in [0.15, 0.2) is 0 Å². The van der Waals surface area contributed by atoms with Crippen molar-refractivity contribution in [1.29, 1.82) is 0 Å². The summed E-state index contributed by atoms with van der Waals surface area (Å²) in [6.45, 7) is 4.62. The van der Waals surface area contributed by atoms with Crippen LogP contribution in [-0.2, 0) is 0 Å². The molecule has 0 radical (unpaired) electrons. The zero-order valence-corrected chi connectivity index (χ0v) is 11.1. The molecule has 14 heavy (non-hydrogen) atoms. The molecule has 0 aromatic carbocycles. The van der Waals surface area contributed by atoms with Crippen molar-refractivity contribution in [3.05, 3.63) is 0 Å². The van der Waals surface area contributed by atoms with Crippen molar-refractivity contribution in [2.24, 2.45) is 5.92 Å². The number of alkyl halides is 1. The fraction of sp³-hybridized carbons (Fsp3) is 1.00. The van der Waals surface area contributed by atoms with Crippen molar-refractivity contribution in [2.75, 3.05) is 5.33 Å². The third kappa shape index (κ3) is 4.31. The molecule has 1 nitrogen and oxygen atoms in total. The van der Waals surface area contributed by atoms with Crippen LogP contribution in [0, 0.1) is 5.92 Å². The molecular weight excluding hydrogens is 238 g/mol. The van der Waals surface area contributed by atoms with E-state index >= 15 is 0 Å². The molecule has 2 heteroatoms. The van der Waals surface area contributed by atoms with E-state index in [-0.39, 0.29) is 0 Å². The molecule has 0 aromatic rings. The number of nitrogens with one attached hydrogen (secondary N) is 1. The summed E-state index contributed by atoms with van der Waals surface area (Å²) in [5.74, 6) is 0.734. The Balaban J connectivity index is 2.26. The Hall–Kier alpha value is 0.440. The smallest absolute Gasteiger partial charge is 0.00749 e. The van der Waals surface area contributed by atoms with E-state index in [1.165, 1.54) is 38.5 Å². The molecule has 1 aliphatic carbocycles. The maximum atomic E-state index is 3.78. The second-order valence-electron chi connectivity index (χ2n) is 4.78. The Bertz CT molecular complexity index is 141. The monoisotopic (exact) mass is 261 g/mol. The van der Waals surface area contributed by atoms with E-state index < -0.39 is 0 Å². The minimum Gasteiger partial charge on any atom is -0.311 e. The molecule has 0 bridgehead atoms. The molecule has 0 saturated heterocycles. The predicted octanol–water partition coefficient (Wildman–Crippen LogP) is 3.72. The summed E-state index contributed by atoms with van der Waals surface area (Å²) in [4.78, 5) is 0. The molecule has 1 N–H and O–H groups in total. The van der Waals surface area contributed by atoms with Crippen LogP contribution in [0.2, 0.25) is 0 Å². The molecule has 1 saturated carbocycles. The van der Waals surface area contributed by atoms with Gasteiger partial charge in [0.05, 0.1) is 0 Å². The summed E-state index contributed by atoms with van der Waals surface area (Å²) in [5.41, 5.74) is 0. The highest BCUT2D eigenvalue weighted by atomic mass is 79.9. The number of rotatable bonds is 4. The van der Waals surface area contributed by atoms with Crippen LogP contribution in [0.25, 0.3) is 0 Å². The van der Waals surface area contributed by atoms with Gasteiger partial charge in [-0.1, -0.05) is 48.5 Å².